The molecule has 1 saturated carbocycles. The molecule has 0 aliphatic heterocycles. The summed E-state index contributed by atoms with van der Waals surface area (Å²) in [5.41, 5.74) is 6.69. The number of aromatic nitrogens is 1. The summed E-state index contributed by atoms with van der Waals surface area (Å²) < 4.78 is 0. The lowest BCUT2D eigenvalue weighted by Crippen LogP contribution is -2.30. The van der Waals surface area contributed by atoms with Crippen LogP contribution in [0.1, 0.15) is 42.5 Å². The Morgan fingerprint density at radius 2 is 2.11 bits per heavy atom. The highest BCUT2D eigenvalue weighted by molar-refractivity contribution is 5.98. The summed E-state index contributed by atoms with van der Waals surface area (Å²) in [6.07, 6.45) is 9.47. The number of pyridine rings is 1. The number of nitrogens with two attached hydrogens (primary N) is 1. The van der Waals surface area contributed by atoms with E-state index < -0.39 is 0 Å². The molecule has 5 heteroatoms. The van der Waals surface area contributed by atoms with Crippen molar-refractivity contribution in [2.75, 3.05) is 12.3 Å². The number of nitrogens with one attached hydrogen (secondary N) is 1. The van der Waals surface area contributed by atoms with Gasteiger partial charge in [-0.3, -0.25) is 9.78 Å². The molecule has 0 saturated heterocycles. The minimum absolute atomic E-state index is 0. The summed E-state index contributed by atoms with van der Waals surface area (Å²) in [4.78, 5) is 15.8. The summed E-state index contributed by atoms with van der Waals surface area (Å²) in [5, 5.41) is 2.95. The Morgan fingerprint density at radius 3 is 2.78 bits per heavy atom. The number of hydrogen-bond donors (Lipinski definition) is 2. The van der Waals surface area contributed by atoms with Gasteiger partial charge in [-0.15, -0.1) is 12.4 Å². The van der Waals surface area contributed by atoms with Gasteiger partial charge in [0.25, 0.3) is 5.91 Å². The van der Waals surface area contributed by atoms with Crippen LogP contribution in [0.5, 0.6) is 0 Å². The second-order valence-corrected chi connectivity index (χ2v) is 4.68. The average Bonchev–Trinajstić information content (AvgIpc) is 2.38. The Bertz CT molecular complexity index is 392. The smallest absolute Gasteiger partial charge is 0.254 e. The van der Waals surface area contributed by atoms with E-state index in [0.717, 1.165) is 6.54 Å². The highest BCUT2D eigenvalue weighted by Gasteiger charge is 2.15. The van der Waals surface area contributed by atoms with Crippen LogP contribution in [0.2, 0.25) is 0 Å². The predicted molar refractivity (Wildman–Crippen MR) is 74.8 cm³/mol. The first kappa shape index (κ1) is 14.8. The molecule has 0 atom stereocenters. The number of nitrogens with zero attached hydrogens (tertiary/aromatic N) is 1. The molecule has 4 nitrogen and oxygen atoms in total. The van der Waals surface area contributed by atoms with Gasteiger partial charge >= 0.3 is 0 Å². The Morgan fingerprint density at radius 1 is 1.39 bits per heavy atom. The summed E-state index contributed by atoms with van der Waals surface area (Å²) in [5.74, 6) is 0.520. The number of amides is 1. The van der Waals surface area contributed by atoms with Crippen LogP contribution in [0.25, 0.3) is 0 Å². The number of carbonyl (C=O) groups excluding carboxylic acids is 1. The van der Waals surface area contributed by atoms with Gasteiger partial charge in [0.2, 0.25) is 0 Å². The molecule has 3 N–H and O–H groups in total. The Labute approximate surface area is 114 Å². The fourth-order valence-electron chi connectivity index (χ4n) is 2.32. The van der Waals surface area contributed by atoms with Crippen LogP contribution in [-0.4, -0.2) is 17.4 Å². The molecule has 1 aliphatic rings. The van der Waals surface area contributed by atoms with E-state index in [0.29, 0.717) is 17.2 Å². The van der Waals surface area contributed by atoms with Gasteiger partial charge in [0, 0.05) is 24.6 Å². The topological polar surface area (TPSA) is 68.0 Å². The fraction of sp³-hybridized carbons (Fsp3) is 0.538. The molecule has 1 aromatic heterocycles. The third kappa shape index (κ3) is 3.88. The van der Waals surface area contributed by atoms with E-state index in [1.54, 1.807) is 12.3 Å². The molecule has 100 valence electrons. The number of nitrogen functional groups attached to an aromatic ring is 1. The van der Waals surface area contributed by atoms with Gasteiger partial charge in [0.05, 0.1) is 5.56 Å². The lowest BCUT2D eigenvalue weighted by molar-refractivity contribution is 0.0944. The van der Waals surface area contributed by atoms with Gasteiger partial charge < -0.3 is 11.1 Å². The molecule has 1 aliphatic carbocycles. The monoisotopic (exact) mass is 269 g/mol. The van der Waals surface area contributed by atoms with Gasteiger partial charge in [-0.05, 0) is 24.8 Å². The first-order valence-electron chi connectivity index (χ1n) is 6.25. The minimum atomic E-state index is -0.110. The Kier molecular flexibility index (Phi) is 5.92. The van der Waals surface area contributed by atoms with Crippen molar-refractivity contribution in [3.63, 3.8) is 0 Å². The highest BCUT2D eigenvalue weighted by Crippen LogP contribution is 2.22. The van der Waals surface area contributed by atoms with E-state index in [4.69, 9.17) is 5.73 Å². The third-order valence-electron chi connectivity index (χ3n) is 3.38. The van der Waals surface area contributed by atoms with Crippen molar-refractivity contribution in [3.8, 4) is 0 Å². The van der Waals surface area contributed by atoms with Crippen LogP contribution in [0.15, 0.2) is 18.5 Å². The van der Waals surface area contributed by atoms with Crippen molar-refractivity contribution >= 4 is 24.0 Å². The maximum Gasteiger partial charge on any atom is 0.254 e. The third-order valence-corrected chi connectivity index (χ3v) is 3.38. The molecule has 18 heavy (non-hydrogen) atoms. The minimum Gasteiger partial charge on any atom is -0.398 e. The molecule has 1 fully saturated rings. The van der Waals surface area contributed by atoms with Gasteiger partial charge in [0.15, 0.2) is 0 Å². The SMILES string of the molecule is Cl.Nc1ccncc1C(=O)NCC1CCCCC1. The van der Waals surface area contributed by atoms with Gasteiger partial charge in [-0.1, -0.05) is 19.3 Å². The predicted octanol–water partition coefficient (Wildman–Crippen LogP) is 2.40. The second kappa shape index (κ2) is 7.21. The number of hydrogen-bond acceptors (Lipinski definition) is 3. The Balaban J connectivity index is 0.00000162. The largest absolute Gasteiger partial charge is 0.398 e. The van der Waals surface area contributed by atoms with Crippen molar-refractivity contribution < 1.29 is 4.79 Å². The standard InChI is InChI=1S/C13H19N3O.ClH/c14-12-6-7-15-9-11(12)13(17)16-8-10-4-2-1-3-5-10;/h6-7,9-10H,1-5,8H2,(H2,14,15)(H,16,17);1H. The molecule has 1 amide bonds. The number of carbonyl (C=O) groups is 1. The van der Waals surface area contributed by atoms with Gasteiger partial charge in [-0.2, -0.15) is 0 Å². The zero-order valence-corrected chi connectivity index (χ0v) is 11.2. The van der Waals surface area contributed by atoms with Gasteiger partial charge in [0.1, 0.15) is 0 Å². The maximum absolute atomic E-state index is 11.9. The molecular formula is C13H20ClN3O. The van der Waals surface area contributed by atoms with Crippen molar-refractivity contribution in [1.29, 1.82) is 0 Å². The quantitative estimate of drug-likeness (QED) is 0.885. The summed E-state index contributed by atoms with van der Waals surface area (Å²) in [6, 6.07) is 1.65. The lowest BCUT2D eigenvalue weighted by atomic mass is 9.89. The fourth-order valence-corrected chi connectivity index (χ4v) is 2.32. The van der Waals surface area contributed by atoms with E-state index in [1.807, 2.05) is 0 Å². The molecule has 0 spiro atoms. The van der Waals surface area contributed by atoms with E-state index >= 15 is 0 Å². The normalized spacial score (nSPS) is 15.8. The van der Waals surface area contributed by atoms with Crippen LogP contribution in [0.4, 0.5) is 5.69 Å². The average molecular weight is 270 g/mol. The molecule has 1 aromatic rings. The lowest BCUT2D eigenvalue weighted by Gasteiger charge is -2.21. The Hall–Kier alpha value is -1.29. The molecule has 0 aromatic carbocycles. The first-order chi connectivity index (χ1) is 8.27. The van der Waals surface area contributed by atoms with E-state index in [9.17, 15) is 4.79 Å². The van der Waals surface area contributed by atoms with E-state index in [2.05, 4.69) is 10.3 Å². The van der Waals surface area contributed by atoms with Crippen molar-refractivity contribution in [2.45, 2.75) is 32.1 Å². The van der Waals surface area contributed by atoms with Crippen LogP contribution in [0.3, 0.4) is 0 Å². The maximum atomic E-state index is 11.9. The van der Waals surface area contributed by atoms with E-state index in [1.165, 1.54) is 38.3 Å². The molecule has 2 rings (SSSR count). The molecule has 0 radical (unpaired) electrons. The summed E-state index contributed by atoms with van der Waals surface area (Å²) in [7, 11) is 0. The molecular weight excluding hydrogens is 250 g/mol. The summed E-state index contributed by atoms with van der Waals surface area (Å²) in [6.45, 7) is 0.757. The van der Waals surface area contributed by atoms with Gasteiger partial charge in [-0.25, -0.2) is 0 Å². The number of halogens is 1. The number of anilines is 1. The van der Waals surface area contributed by atoms with Crippen LogP contribution >= 0.6 is 12.4 Å². The first-order valence-corrected chi connectivity index (χ1v) is 6.25. The zero-order valence-electron chi connectivity index (χ0n) is 10.4. The number of rotatable bonds is 3. The van der Waals surface area contributed by atoms with Crippen LogP contribution in [0, 0.1) is 5.92 Å². The summed E-state index contributed by atoms with van der Waals surface area (Å²) >= 11 is 0. The molecule has 1 heterocycles. The second-order valence-electron chi connectivity index (χ2n) is 4.68. The zero-order chi connectivity index (χ0) is 12.1. The highest BCUT2D eigenvalue weighted by atomic mass is 35.5. The van der Waals surface area contributed by atoms with Crippen molar-refractivity contribution in [1.82, 2.24) is 10.3 Å². The van der Waals surface area contributed by atoms with Crippen molar-refractivity contribution in [3.05, 3.63) is 24.0 Å². The van der Waals surface area contributed by atoms with E-state index in [-0.39, 0.29) is 18.3 Å². The molecule has 0 bridgehead atoms. The van der Waals surface area contributed by atoms with Crippen molar-refractivity contribution in [2.24, 2.45) is 5.92 Å². The van der Waals surface area contributed by atoms with Crippen LogP contribution in [-0.2, 0) is 0 Å². The van der Waals surface area contributed by atoms with Crippen LogP contribution < -0.4 is 11.1 Å². The molecule has 0 unspecified atom stereocenters.